The van der Waals surface area contributed by atoms with Crippen LogP contribution in [0.2, 0.25) is 5.04 Å². The number of nitrogens with zero attached hydrogens (tertiary/aromatic N) is 2. The molecule has 0 bridgehead atoms. The van der Waals surface area contributed by atoms with Gasteiger partial charge in [-0.1, -0.05) is 81.4 Å². The monoisotopic (exact) mass is 464 g/mol. The van der Waals surface area contributed by atoms with Crippen molar-refractivity contribution in [3.05, 3.63) is 83.4 Å². The van der Waals surface area contributed by atoms with E-state index in [1.807, 2.05) is 12.1 Å². The summed E-state index contributed by atoms with van der Waals surface area (Å²) in [6, 6.07) is 22.7. The van der Waals surface area contributed by atoms with Crippen LogP contribution < -0.4 is 27.1 Å². The summed E-state index contributed by atoms with van der Waals surface area (Å²) in [6.07, 6.45) is 0.949. The molecule has 3 aromatic rings. The molecule has 1 aliphatic heterocycles. The standard InChI is InChI=1S/C25H32N4O3Si/c1-25(2,3)33(20-10-6-4-7-11-20,21-12-8-5-9-13-21)31-18-19-16-27-17-23(32-19)29-15-14-22(26)28-24(29)30/h4-15,19,23,27H,16-18H2,1-3H3,(H2,26,28,30)/t19-,23+/m0/s1. The Morgan fingerprint density at radius 1 is 1.06 bits per heavy atom. The molecule has 8 heteroatoms. The van der Waals surface area contributed by atoms with Gasteiger partial charge in [0.1, 0.15) is 5.82 Å². The van der Waals surface area contributed by atoms with Crippen molar-refractivity contribution in [2.75, 3.05) is 25.4 Å². The Labute approximate surface area is 195 Å². The first-order valence-corrected chi connectivity index (χ1v) is 13.2. The largest absolute Gasteiger partial charge is 0.405 e. The second-order valence-corrected chi connectivity index (χ2v) is 13.7. The summed E-state index contributed by atoms with van der Waals surface area (Å²) in [4.78, 5) is 16.1. The zero-order valence-electron chi connectivity index (χ0n) is 19.4. The maximum absolute atomic E-state index is 12.3. The van der Waals surface area contributed by atoms with Crippen molar-refractivity contribution in [3.8, 4) is 0 Å². The molecule has 2 heterocycles. The summed E-state index contributed by atoms with van der Waals surface area (Å²) in [5, 5.41) is 5.71. The number of hydrogen-bond donors (Lipinski definition) is 2. The van der Waals surface area contributed by atoms with E-state index in [1.165, 1.54) is 14.9 Å². The van der Waals surface area contributed by atoms with Gasteiger partial charge >= 0.3 is 5.69 Å². The van der Waals surface area contributed by atoms with Crippen LogP contribution in [0.25, 0.3) is 0 Å². The van der Waals surface area contributed by atoms with Gasteiger partial charge in [0.15, 0.2) is 6.23 Å². The van der Waals surface area contributed by atoms with E-state index in [-0.39, 0.29) is 17.0 Å². The SMILES string of the molecule is CC(C)(C)[Si](OC[C@@H]1CNC[C@H](n2ccc(N)nc2=O)O1)(c1ccccc1)c1ccccc1. The Bertz CT molecular complexity index is 1080. The summed E-state index contributed by atoms with van der Waals surface area (Å²) in [7, 11) is -2.66. The Hall–Kier alpha value is -2.78. The van der Waals surface area contributed by atoms with Gasteiger partial charge in [-0.2, -0.15) is 4.98 Å². The third kappa shape index (κ3) is 4.79. The molecule has 1 fully saturated rings. The van der Waals surface area contributed by atoms with E-state index in [0.717, 1.165) is 0 Å². The summed E-state index contributed by atoms with van der Waals surface area (Å²) in [6.45, 7) is 8.33. The maximum atomic E-state index is 12.3. The van der Waals surface area contributed by atoms with Gasteiger partial charge in [-0.25, -0.2) is 4.79 Å². The molecule has 0 amide bonds. The second-order valence-electron chi connectivity index (χ2n) is 9.39. The van der Waals surface area contributed by atoms with Crippen molar-refractivity contribution in [1.29, 1.82) is 0 Å². The highest BCUT2D eigenvalue weighted by molar-refractivity contribution is 6.99. The van der Waals surface area contributed by atoms with Crippen molar-refractivity contribution in [3.63, 3.8) is 0 Å². The number of ether oxygens (including phenoxy) is 1. The molecule has 7 nitrogen and oxygen atoms in total. The molecule has 0 radical (unpaired) electrons. The van der Waals surface area contributed by atoms with Crippen LogP contribution in [-0.2, 0) is 9.16 Å². The van der Waals surface area contributed by atoms with Crippen molar-refractivity contribution < 1.29 is 9.16 Å². The van der Waals surface area contributed by atoms with Crippen LogP contribution in [0.1, 0.15) is 27.0 Å². The van der Waals surface area contributed by atoms with Crippen LogP contribution in [0.15, 0.2) is 77.7 Å². The number of rotatable bonds is 6. The Morgan fingerprint density at radius 3 is 2.21 bits per heavy atom. The lowest BCUT2D eigenvalue weighted by Crippen LogP contribution is -2.67. The molecule has 0 saturated carbocycles. The van der Waals surface area contributed by atoms with E-state index in [1.54, 1.807) is 12.3 Å². The summed E-state index contributed by atoms with van der Waals surface area (Å²) >= 11 is 0. The first-order chi connectivity index (χ1) is 15.8. The quantitative estimate of drug-likeness (QED) is 0.542. The van der Waals surface area contributed by atoms with Crippen LogP contribution in [0.5, 0.6) is 0 Å². The molecule has 1 aromatic heterocycles. The second kappa shape index (κ2) is 9.60. The first-order valence-electron chi connectivity index (χ1n) is 11.3. The van der Waals surface area contributed by atoms with Crippen LogP contribution in [0.3, 0.4) is 0 Å². The number of benzene rings is 2. The lowest BCUT2D eigenvalue weighted by Gasteiger charge is -2.44. The van der Waals surface area contributed by atoms with Crippen molar-refractivity contribution in [1.82, 2.24) is 14.9 Å². The van der Waals surface area contributed by atoms with Gasteiger partial charge in [0.05, 0.1) is 12.7 Å². The summed E-state index contributed by atoms with van der Waals surface area (Å²) < 4.78 is 14.8. The Morgan fingerprint density at radius 2 is 1.67 bits per heavy atom. The molecule has 4 rings (SSSR count). The van der Waals surface area contributed by atoms with Crippen molar-refractivity contribution >= 4 is 24.5 Å². The average Bonchev–Trinajstić information content (AvgIpc) is 2.80. The van der Waals surface area contributed by atoms with Gasteiger partial charge in [0.25, 0.3) is 8.32 Å². The number of morpholine rings is 1. The molecule has 3 N–H and O–H groups in total. The van der Waals surface area contributed by atoms with Gasteiger partial charge < -0.3 is 20.2 Å². The Kier molecular flexibility index (Phi) is 6.80. The highest BCUT2D eigenvalue weighted by Gasteiger charge is 2.50. The van der Waals surface area contributed by atoms with E-state index in [2.05, 4.69) is 79.6 Å². The van der Waals surface area contributed by atoms with Gasteiger partial charge in [0.2, 0.25) is 0 Å². The lowest BCUT2D eigenvalue weighted by atomic mass is 10.2. The molecule has 1 saturated heterocycles. The van der Waals surface area contributed by atoms with Crippen molar-refractivity contribution in [2.45, 2.75) is 38.1 Å². The predicted octanol–water partition coefficient (Wildman–Crippen LogP) is 1.89. The molecule has 0 aliphatic carbocycles. The van der Waals surface area contributed by atoms with Gasteiger partial charge in [0, 0.05) is 19.3 Å². The minimum atomic E-state index is -2.66. The molecule has 33 heavy (non-hydrogen) atoms. The van der Waals surface area contributed by atoms with Crippen LogP contribution in [0, 0.1) is 0 Å². The normalized spacial score (nSPS) is 19.4. The highest BCUT2D eigenvalue weighted by Crippen LogP contribution is 2.37. The first kappa shape index (κ1) is 23.4. The van der Waals surface area contributed by atoms with E-state index in [0.29, 0.717) is 19.7 Å². The molecular formula is C25H32N4O3Si. The zero-order valence-corrected chi connectivity index (χ0v) is 20.4. The van der Waals surface area contributed by atoms with Crippen molar-refractivity contribution in [2.24, 2.45) is 0 Å². The lowest BCUT2D eigenvalue weighted by molar-refractivity contribution is -0.0942. The smallest absolute Gasteiger partial charge is 0.351 e. The molecule has 0 unspecified atom stereocenters. The summed E-state index contributed by atoms with van der Waals surface area (Å²) in [5.74, 6) is 0.201. The predicted molar refractivity (Wildman–Crippen MR) is 133 cm³/mol. The third-order valence-electron chi connectivity index (χ3n) is 6.10. The third-order valence-corrected chi connectivity index (χ3v) is 11.1. The van der Waals surface area contributed by atoms with Gasteiger partial charge in [-0.05, 0) is 21.5 Å². The maximum Gasteiger partial charge on any atom is 0.351 e. The molecule has 1 aliphatic rings. The fourth-order valence-corrected chi connectivity index (χ4v) is 9.16. The highest BCUT2D eigenvalue weighted by atomic mass is 28.4. The van der Waals surface area contributed by atoms with Crippen LogP contribution >= 0.6 is 0 Å². The number of nitrogens with two attached hydrogens (primary N) is 1. The number of anilines is 1. The van der Waals surface area contributed by atoms with E-state index < -0.39 is 20.2 Å². The van der Waals surface area contributed by atoms with Gasteiger partial charge in [-0.3, -0.25) is 4.57 Å². The van der Waals surface area contributed by atoms with E-state index in [9.17, 15) is 4.79 Å². The summed E-state index contributed by atoms with van der Waals surface area (Å²) in [5.41, 5.74) is 5.21. The fourth-order valence-electron chi connectivity index (χ4n) is 4.57. The van der Waals surface area contributed by atoms with E-state index in [4.69, 9.17) is 14.9 Å². The molecule has 174 valence electrons. The Balaban J connectivity index is 1.63. The molecule has 0 spiro atoms. The fraction of sp³-hybridized carbons (Fsp3) is 0.360. The average molecular weight is 465 g/mol. The number of hydrogen-bond acceptors (Lipinski definition) is 6. The van der Waals surface area contributed by atoms with Crippen LogP contribution in [0.4, 0.5) is 5.82 Å². The number of aromatic nitrogens is 2. The van der Waals surface area contributed by atoms with Gasteiger partial charge in [-0.15, -0.1) is 0 Å². The minimum Gasteiger partial charge on any atom is -0.405 e. The number of nitrogens with one attached hydrogen (secondary N) is 1. The van der Waals surface area contributed by atoms with Crippen LogP contribution in [-0.4, -0.2) is 43.7 Å². The number of nitrogen functional groups attached to an aromatic ring is 1. The molecule has 2 aromatic carbocycles. The van der Waals surface area contributed by atoms with E-state index >= 15 is 0 Å². The molecular weight excluding hydrogens is 432 g/mol. The zero-order chi connectivity index (χ0) is 23.5. The minimum absolute atomic E-state index is 0.116. The molecule has 2 atom stereocenters. The topological polar surface area (TPSA) is 91.4 Å².